The second kappa shape index (κ2) is 3.62. The molecule has 2 aliphatic rings. The number of hydrogen-bond acceptors (Lipinski definition) is 2. The van der Waals surface area contributed by atoms with Crippen LogP contribution < -0.4 is 0 Å². The molecule has 3 heteroatoms. The maximum Gasteiger partial charge on any atom is 0.138 e. The zero-order valence-corrected chi connectivity index (χ0v) is 9.66. The molecule has 1 saturated carbocycles. The monoisotopic (exact) mass is 215 g/mol. The fraction of sp³-hybridized carbons (Fsp3) is 0.692. The molecule has 16 heavy (non-hydrogen) atoms. The van der Waals surface area contributed by atoms with Crippen molar-refractivity contribution in [1.82, 2.24) is 10.2 Å². The molecule has 0 amide bonds. The number of hydrogen-bond donors (Lipinski definition) is 1. The van der Waals surface area contributed by atoms with E-state index >= 15 is 0 Å². The van der Waals surface area contributed by atoms with Gasteiger partial charge < -0.3 is 0 Å². The Morgan fingerprint density at radius 2 is 2.38 bits per heavy atom. The van der Waals surface area contributed by atoms with E-state index in [4.69, 9.17) is 5.26 Å². The normalized spacial score (nSPS) is 29.6. The number of aromatic nitrogens is 2. The molecule has 0 bridgehead atoms. The Morgan fingerprint density at radius 1 is 1.50 bits per heavy atom. The SMILES string of the molecule is CCCCCC1C2Cc3c(n[nH]c3C#N)C12. The molecule has 2 aliphatic carbocycles. The lowest BCUT2D eigenvalue weighted by Gasteiger charge is -2.02. The molecule has 1 fully saturated rings. The van der Waals surface area contributed by atoms with Gasteiger partial charge in [0.1, 0.15) is 11.8 Å². The summed E-state index contributed by atoms with van der Waals surface area (Å²) in [5.41, 5.74) is 3.13. The highest BCUT2D eigenvalue weighted by Crippen LogP contribution is 2.63. The first-order valence-corrected chi connectivity index (χ1v) is 6.34. The summed E-state index contributed by atoms with van der Waals surface area (Å²) >= 11 is 0. The highest BCUT2D eigenvalue weighted by Gasteiger charge is 2.57. The molecule has 0 spiro atoms. The van der Waals surface area contributed by atoms with Gasteiger partial charge in [-0.05, 0) is 24.7 Å². The standard InChI is InChI=1S/C13H17N3/c1-2-3-4-5-8-9-6-10-11(7-14)15-16-13(10)12(8)9/h8-9,12H,2-6H2,1H3,(H,15,16). The Hall–Kier alpha value is -1.30. The minimum absolute atomic E-state index is 0.685. The van der Waals surface area contributed by atoms with Crippen LogP contribution in [0.4, 0.5) is 0 Å². The summed E-state index contributed by atoms with van der Waals surface area (Å²) in [6.45, 7) is 2.25. The van der Waals surface area contributed by atoms with Gasteiger partial charge in [-0.15, -0.1) is 0 Å². The summed E-state index contributed by atoms with van der Waals surface area (Å²) in [7, 11) is 0. The topological polar surface area (TPSA) is 52.5 Å². The lowest BCUT2D eigenvalue weighted by atomic mass is 10.0. The van der Waals surface area contributed by atoms with Crippen molar-refractivity contribution >= 4 is 0 Å². The number of nitriles is 1. The van der Waals surface area contributed by atoms with Crippen LogP contribution in [-0.4, -0.2) is 10.2 Å². The van der Waals surface area contributed by atoms with E-state index in [-0.39, 0.29) is 0 Å². The number of H-pyrrole nitrogens is 1. The molecule has 0 radical (unpaired) electrons. The number of aromatic amines is 1. The van der Waals surface area contributed by atoms with Crippen molar-refractivity contribution in [2.75, 3.05) is 0 Å². The minimum Gasteiger partial charge on any atom is -0.267 e. The Morgan fingerprint density at radius 3 is 3.12 bits per heavy atom. The van der Waals surface area contributed by atoms with Gasteiger partial charge in [0.25, 0.3) is 0 Å². The van der Waals surface area contributed by atoms with E-state index < -0.39 is 0 Å². The van der Waals surface area contributed by atoms with Crippen LogP contribution in [-0.2, 0) is 6.42 Å². The van der Waals surface area contributed by atoms with Crippen molar-refractivity contribution in [3.05, 3.63) is 17.0 Å². The van der Waals surface area contributed by atoms with Gasteiger partial charge in [-0.2, -0.15) is 10.4 Å². The summed E-state index contributed by atoms with van der Waals surface area (Å²) in [5, 5.41) is 16.1. The van der Waals surface area contributed by atoms with E-state index in [2.05, 4.69) is 23.2 Å². The Balaban J connectivity index is 1.67. The highest BCUT2D eigenvalue weighted by atomic mass is 15.1. The Labute approximate surface area is 95.9 Å². The summed E-state index contributed by atoms with van der Waals surface area (Å²) in [6.07, 6.45) is 6.47. The molecular formula is C13H17N3. The van der Waals surface area contributed by atoms with Gasteiger partial charge in [0, 0.05) is 11.5 Å². The molecule has 3 unspecified atom stereocenters. The van der Waals surface area contributed by atoms with Gasteiger partial charge in [-0.1, -0.05) is 26.2 Å². The van der Waals surface area contributed by atoms with Crippen LogP contribution in [0.25, 0.3) is 0 Å². The predicted octanol–water partition coefficient (Wildman–Crippen LogP) is 2.75. The first-order chi connectivity index (χ1) is 7.86. The lowest BCUT2D eigenvalue weighted by molar-refractivity contribution is 0.571. The van der Waals surface area contributed by atoms with Crippen LogP contribution in [0.15, 0.2) is 0 Å². The van der Waals surface area contributed by atoms with Crippen molar-refractivity contribution in [3.8, 4) is 6.07 Å². The van der Waals surface area contributed by atoms with E-state index in [9.17, 15) is 0 Å². The number of fused-ring (bicyclic) bond motifs is 3. The first-order valence-electron chi connectivity index (χ1n) is 6.34. The van der Waals surface area contributed by atoms with E-state index in [0.29, 0.717) is 11.6 Å². The molecule has 0 saturated heterocycles. The van der Waals surface area contributed by atoms with Gasteiger partial charge in [-0.3, -0.25) is 5.10 Å². The van der Waals surface area contributed by atoms with E-state index in [1.165, 1.54) is 36.9 Å². The molecule has 1 N–H and O–H groups in total. The second-order valence-corrected chi connectivity index (χ2v) is 5.13. The molecular weight excluding hydrogens is 198 g/mol. The van der Waals surface area contributed by atoms with Crippen molar-refractivity contribution in [3.63, 3.8) is 0 Å². The molecule has 1 heterocycles. The number of nitrogens with one attached hydrogen (secondary N) is 1. The van der Waals surface area contributed by atoms with Crippen LogP contribution in [0.2, 0.25) is 0 Å². The van der Waals surface area contributed by atoms with Crippen LogP contribution >= 0.6 is 0 Å². The molecule has 0 aromatic carbocycles. The zero-order chi connectivity index (χ0) is 11.1. The van der Waals surface area contributed by atoms with Crippen molar-refractivity contribution in [2.45, 2.75) is 44.9 Å². The van der Waals surface area contributed by atoms with E-state index in [1.807, 2.05) is 0 Å². The van der Waals surface area contributed by atoms with Crippen molar-refractivity contribution in [2.24, 2.45) is 11.8 Å². The van der Waals surface area contributed by atoms with Gasteiger partial charge >= 0.3 is 0 Å². The average molecular weight is 215 g/mol. The fourth-order valence-electron chi connectivity index (χ4n) is 3.34. The quantitative estimate of drug-likeness (QED) is 0.785. The smallest absolute Gasteiger partial charge is 0.138 e. The first kappa shape index (κ1) is 9.89. The summed E-state index contributed by atoms with van der Waals surface area (Å²) in [4.78, 5) is 0. The summed E-state index contributed by atoms with van der Waals surface area (Å²) in [5.74, 6) is 2.37. The van der Waals surface area contributed by atoms with Gasteiger partial charge in [0.2, 0.25) is 0 Å². The minimum atomic E-state index is 0.685. The number of rotatable bonds is 4. The third-order valence-electron chi connectivity index (χ3n) is 4.24. The highest BCUT2D eigenvalue weighted by molar-refractivity contribution is 5.45. The summed E-state index contributed by atoms with van der Waals surface area (Å²) < 4.78 is 0. The molecule has 1 aromatic rings. The predicted molar refractivity (Wildman–Crippen MR) is 60.9 cm³/mol. The average Bonchev–Trinajstić information content (AvgIpc) is 2.68. The molecule has 1 aromatic heterocycles. The third-order valence-corrected chi connectivity index (χ3v) is 4.24. The maximum atomic E-state index is 8.91. The molecule has 84 valence electrons. The second-order valence-electron chi connectivity index (χ2n) is 5.13. The number of nitrogens with zero attached hydrogens (tertiary/aromatic N) is 2. The van der Waals surface area contributed by atoms with Crippen LogP contribution in [0.1, 0.15) is 55.5 Å². The molecule has 0 aliphatic heterocycles. The zero-order valence-electron chi connectivity index (χ0n) is 9.66. The Bertz CT molecular complexity index is 441. The van der Waals surface area contributed by atoms with Crippen LogP contribution in [0.3, 0.4) is 0 Å². The molecule has 3 rings (SSSR count). The van der Waals surface area contributed by atoms with E-state index in [0.717, 1.165) is 18.3 Å². The largest absolute Gasteiger partial charge is 0.267 e. The van der Waals surface area contributed by atoms with Crippen LogP contribution in [0.5, 0.6) is 0 Å². The number of unbranched alkanes of at least 4 members (excludes halogenated alkanes) is 2. The van der Waals surface area contributed by atoms with Crippen molar-refractivity contribution < 1.29 is 0 Å². The summed E-state index contributed by atoms with van der Waals surface area (Å²) in [6, 6.07) is 2.20. The van der Waals surface area contributed by atoms with Gasteiger partial charge in [-0.25, -0.2) is 0 Å². The van der Waals surface area contributed by atoms with Gasteiger partial charge in [0.05, 0.1) is 5.69 Å². The van der Waals surface area contributed by atoms with E-state index in [1.54, 1.807) is 0 Å². The lowest BCUT2D eigenvalue weighted by Crippen LogP contribution is -1.94. The van der Waals surface area contributed by atoms with Gasteiger partial charge in [0.15, 0.2) is 0 Å². The van der Waals surface area contributed by atoms with Crippen molar-refractivity contribution in [1.29, 1.82) is 5.26 Å². The molecule has 3 atom stereocenters. The van der Waals surface area contributed by atoms with Crippen LogP contribution in [0, 0.1) is 23.2 Å². The maximum absolute atomic E-state index is 8.91. The fourth-order valence-corrected chi connectivity index (χ4v) is 3.34. The third kappa shape index (κ3) is 1.29. The Kier molecular flexibility index (Phi) is 2.24. The molecule has 3 nitrogen and oxygen atoms in total.